The number of nitrogens with one attached hydrogen (secondary N) is 1. The maximum absolute atomic E-state index is 10.9. The summed E-state index contributed by atoms with van der Waals surface area (Å²) in [5, 5.41) is -0.385. The van der Waals surface area contributed by atoms with Crippen LogP contribution in [0.5, 0.6) is 0 Å². The van der Waals surface area contributed by atoms with Crippen molar-refractivity contribution in [2.45, 2.75) is 12.5 Å². The molecule has 1 N–H and O–H groups in total. The smallest absolute Gasteiger partial charge is 0.225 e. The summed E-state index contributed by atoms with van der Waals surface area (Å²) in [7, 11) is -3.27. The quantitative estimate of drug-likeness (QED) is 0.646. The van der Waals surface area contributed by atoms with E-state index in [1.54, 1.807) is 0 Å². The predicted octanol–water partition coefficient (Wildman–Crippen LogP) is -0.109. The maximum Gasteiger partial charge on any atom is 0.225 e. The van der Waals surface area contributed by atoms with E-state index in [-0.39, 0.29) is 11.3 Å². The van der Waals surface area contributed by atoms with Crippen molar-refractivity contribution in [3.8, 4) is 0 Å². The van der Waals surface area contributed by atoms with Crippen LogP contribution in [0.25, 0.3) is 0 Å². The highest BCUT2D eigenvalue weighted by atomic mass is 35.5. The molecule has 1 saturated heterocycles. The molecule has 11 heavy (non-hydrogen) atoms. The summed E-state index contributed by atoms with van der Waals surface area (Å²) < 4.78 is 29.1. The van der Waals surface area contributed by atoms with Crippen molar-refractivity contribution in [1.29, 1.82) is 0 Å². The number of sulfonamides is 1. The molecule has 0 aromatic heterocycles. The van der Waals surface area contributed by atoms with Gasteiger partial charge in [-0.1, -0.05) is 0 Å². The zero-order valence-corrected chi connectivity index (χ0v) is 7.49. The zero-order valence-electron chi connectivity index (χ0n) is 5.92. The standard InChI is InChI=1S/C5H10ClNO3S/c6-4-11(8,9)7-5-1-2-10-3-5/h5,7H,1-4H2. The summed E-state index contributed by atoms with van der Waals surface area (Å²) in [6, 6.07) is -0.0845. The third-order valence-electron chi connectivity index (χ3n) is 1.42. The average Bonchev–Trinajstić information content (AvgIpc) is 2.39. The van der Waals surface area contributed by atoms with Gasteiger partial charge in [-0.15, -0.1) is 11.6 Å². The number of halogens is 1. The summed E-state index contributed by atoms with van der Waals surface area (Å²) >= 11 is 5.18. The highest BCUT2D eigenvalue weighted by Gasteiger charge is 2.20. The fourth-order valence-corrected chi connectivity index (χ4v) is 1.86. The predicted molar refractivity (Wildman–Crippen MR) is 42.0 cm³/mol. The number of rotatable bonds is 3. The second kappa shape index (κ2) is 3.71. The minimum atomic E-state index is -3.27. The molecule has 1 aliphatic rings. The Labute approximate surface area is 70.9 Å². The van der Waals surface area contributed by atoms with Gasteiger partial charge in [0.1, 0.15) is 5.21 Å². The number of alkyl halides is 1. The van der Waals surface area contributed by atoms with Gasteiger partial charge in [0.25, 0.3) is 0 Å². The highest BCUT2D eigenvalue weighted by molar-refractivity contribution is 7.90. The molecule has 1 rings (SSSR count). The largest absolute Gasteiger partial charge is 0.380 e. The maximum atomic E-state index is 10.9. The molecule has 1 fully saturated rings. The monoisotopic (exact) mass is 199 g/mol. The van der Waals surface area contributed by atoms with E-state index in [9.17, 15) is 8.42 Å². The van der Waals surface area contributed by atoms with Gasteiger partial charge in [0.05, 0.1) is 6.61 Å². The van der Waals surface area contributed by atoms with Gasteiger partial charge in [-0.3, -0.25) is 0 Å². The summed E-state index contributed by atoms with van der Waals surface area (Å²) in [5.41, 5.74) is 0. The van der Waals surface area contributed by atoms with Crippen molar-refractivity contribution in [3.63, 3.8) is 0 Å². The van der Waals surface area contributed by atoms with E-state index in [1.807, 2.05) is 0 Å². The van der Waals surface area contributed by atoms with Crippen LogP contribution in [-0.2, 0) is 14.8 Å². The molecule has 0 aliphatic carbocycles. The Balaban J connectivity index is 2.41. The van der Waals surface area contributed by atoms with Crippen LogP contribution in [0.1, 0.15) is 6.42 Å². The molecule has 0 spiro atoms. The Hall–Kier alpha value is 0.160. The first kappa shape index (κ1) is 9.25. The van der Waals surface area contributed by atoms with Crippen LogP contribution in [0.3, 0.4) is 0 Å². The minimum Gasteiger partial charge on any atom is -0.380 e. The van der Waals surface area contributed by atoms with Gasteiger partial charge in [-0.25, -0.2) is 13.1 Å². The van der Waals surface area contributed by atoms with Crippen LogP contribution in [0.15, 0.2) is 0 Å². The molecule has 0 aromatic rings. The normalized spacial score (nSPS) is 25.7. The Morgan fingerprint density at radius 3 is 2.82 bits per heavy atom. The first-order chi connectivity index (χ1) is 5.14. The Bertz CT molecular complexity index is 210. The van der Waals surface area contributed by atoms with E-state index in [0.29, 0.717) is 13.2 Å². The lowest BCUT2D eigenvalue weighted by molar-refractivity contribution is 0.192. The molecule has 0 amide bonds. The van der Waals surface area contributed by atoms with E-state index >= 15 is 0 Å². The third kappa shape index (κ3) is 2.94. The van der Waals surface area contributed by atoms with Crippen molar-refractivity contribution < 1.29 is 13.2 Å². The van der Waals surface area contributed by atoms with Gasteiger partial charge in [0, 0.05) is 12.6 Å². The molecule has 0 aromatic carbocycles. The average molecular weight is 200 g/mol. The van der Waals surface area contributed by atoms with Crippen LogP contribution < -0.4 is 4.72 Å². The second-order valence-corrected chi connectivity index (χ2v) is 4.74. The molecule has 0 radical (unpaired) electrons. The van der Waals surface area contributed by atoms with Crippen LogP contribution >= 0.6 is 11.6 Å². The van der Waals surface area contributed by atoms with Crippen LogP contribution in [0, 0.1) is 0 Å². The summed E-state index contributed by atoms with van der Waals surface area (Å²) in [6.07, 6.45) is 0.732. The Morgan fingerprint density at radius 2 is 2.36 bits per heavy atom. The fourth-order valence-electron chi connectivity index (χ4n) is 0.913. The molecule has 0 bridgehead atoms. The third-order valence-corrected chi connectivity index (χ3v) is 3.26. The fraction of sp³-hybridized carbons (Fsp3) is 1.00. The number of hydrogen-bond acceptors (Lipinski definition) is 3. The lowest BCUT2D eigenvalue weighted by Gasteiger charge is -2.07. The van der Waals surface area contributed by atoms with Gasteiger partial charge in [-0.05, 0) is 6.42 Å². The zero-order chi connectivity index (χ0) is 8.32. The Kier molecular flexibility index (Phi) is 3.12. The van der Waals surface area contributed by atoms with Crippen LogP contribution in [0.2, 0.25) is 0 Å². The molecule has 66 valence electrons. The van der Waals surface area contributed by atoms with Crippen molar-refractivity contribution in [3.05, 3.63) is 0 Å². The summed E-state index contributed by atoms with van der Waals surface area (Å²) in [4.78, 5) is 0. The molecule has 1 heterocycles. The molecule has 1 atom stereocenters. The molecule has 0 saturated carbocycles. The summed E-state index contributed by atoms with van der Waals surface area (Å²) in [6.45, 7) is 1.07. The van der Waals surface area contributed by atoms with E-state index < -0.39 is 10.0 Å². The van der Waals surface area contributed by atoms with Gasteiger partial charge >= 0.3 is 0 Å². The molecule has 1 aliphatic heterocycles. The van der Waals surface area contributed by atoms with E-state index in [4.69, 9.17) is 16.3 Å². The Morgan fingerprint density at radius 1 is 1.64 bits per heavy atom. The lowest BCUT2D eigenvalue weighted by atomic mass is 10.3. The van der Waals surface area contributed by atoms with Crippen LogP contribution in [0.4, 0.5) is 0 Å². The highest BCUT2D eigenvalue weighted by Crippen LogP contribution is 2.05. The minimum absolute atomic E-state index is 0.0845. The summed E-state index contributed by atoms with van der Waals surface area (Å²) in [5.74, 6) is 0. The lowest BCUT2D eigenvalue weighted by Crippen LogP contribution is -2.35. The SMILES string of the molecule is O=S(=O)(CCl)NC1CCOC1. The van der Waals surface area contributed by atoms with Crippen molar-refractivity contribution in [2.24, 2.45) is 0 Å². The van der Waals surface area contributed by atoms with E-state index in [1.165, 1.54) is 0 Å². The van der Waals surface area contributed by atoms with Crippen molar-refractivity contribution in [2.75, 3.05) is 18.4 Å². The number of hydrogen-bond donors (Lipinski definition) is 1. The van der Waals surface area contributed by atoms with Gasteiger partial charge in [0.2, 0.25) is 10.0 Å². The van der Waals surface area contributed by atoms with Crippen molar-refractivity contribution in [1.82, 2.24) is 4.72 Å². The topological polar surface area (TPSA) is 55.4 Å². The number of ether oxygens (including phenoxy) is 1. The van der Waals surface area contributed by atoms with E-state index in [0.717, 1.165) is 6.42 Å². The van der Waals surface area contributed by atoms with E-state index in [2.05, 4.69) is 4.72 Å². The van der Waals surface area contributed by atoms with Crippen molar-refractivity contribution >= 4 is 21.6 Å². The molecular formula is C5H10ClNO3S. The molecule has 1 unspecified atom stereocenters. The first-order valence-electron chi connectivity index (χ1n) is 3.28. The molecule has 4 nitrogen and oxygen atoms in total. The molecule has 6 heteroatoms. The second-order valence-electron chi connectivity index (χ2n) is 2.40. The first-order valence-corrected chi connectivity index (χ1v) is 5.46. The van der Waals surface area contributed by atoms with Gasteiger partial charge < -0.3 is 4.74 Å². The van der Waals surface area contributed by atoms with Crippen LogP contribution in [-0.4, -0.2) is 32.9 Å². The molecular weight excluding hydrogens is 190 g/mol. The van der Waals surface area contributed by atoms with Gasteiger partial charge in [-0.2, -0.15) is 0 Å². The van der Waals surface area contributed by atoms with Gasteiger partial charge in [0.15, 0.2) is 0 Å².